The van der Waals surface area contributed by atoms with Crippen LogP contribution in [0.2, 0.25) is 0 Å². The van der Waals surface area contributed by atoms with Crippen molar-refractivity contribution in [3.05, 3.63) is 0 Å². The first-order valence-electron chi connectivity index (χ1n) is 8.69. The number of thiocarbonyl (C=S) groups is 2. The maximum absolute atomic E-state index is 5.22. The van der Waals surface area contributed by atoms with Gasteiger partial charge in [-0.2, -0.15) is 10.2 Å². The molecule has 0 saturated carbocycles. The molecule has 1 heterocycles. The van der Waals surface area contributed by atoms with E-state index in [1.54, 1.807) is 0 Å². The van der Waals surface area contributed by atoms with Crippen molar-refractivity contribution in [2.45, 2.75) is 27.7 Å². The van der Waals surface area contributed by atoms with Crippen LogP contribution in [0.1, 0.15) is 27.7 Å². The Bertz CT molecular complexity index is 397. The normalized spacial score (nSPS) is 14.7. The van der Waals surface area contributed by atoms with Crippen molar-refractivity contribution in [2.24, 2.45) is 21.7 Å². The fourth-order valence-electron chi connectivity index (χ4n) is 1.21. The average Bonchev–Trinajstić information content (AvgIpc) is 2.60. The summed E-state index contributed by atoms with van der Waals surface area (Å²) in [6.07, 6.45) is 0. The Morgan fingerprint density at radius 2 is 0.821 bits per heavy atom. The van der Waals surface area contributed by atoms with E-state index in [1.807, 2.05) is 27.7 Å². The lowest BCUT2D eigenvalue weighted by Gasteiger charge is -2.09. The molecule has 0 spiro atoms. The fourth-order valence-corrected chi connectivity index (χ4v) is 1.30. The van der Waals surface area contributed by atoms with Gasteiger partial charge < -0.3 is 30.4 Å². The summed E-state index contributed by atoms with van der Waals surface area (Å²) in [6, 6.07) is 0. The van der Waals surface area contributed by atoms with Crippen molar-refractivity contribution in [3.63, 3.8) is 0 Å². The molecule has 1 rings (SSSR count). The van der Waals surface area contributed by atoms with Gasteiger partial charge in [0.05, 0.1) is 52.9 Å². The van der Waals surface area contributed by atoms with Gasteiger partial charge in [0, 0.05) is 11.4 Å². The molecule has 0 aliphatic carbocycles. The van der Waals surface area contributed by atoms with E-state index in [1.165, 1.54) is 0 Å². The van der Waals surface area contributed by atoms with E-state index in [9.17, 15) is 0 Å². The molecule has 1 aliphatic rings. The number of nitrogens with one attached hydrogen (secondary N) is 2. The molecule has 0 radical (unpaired) electrons. The number of nitrogens with zero attached hydrogens (tertiary/aromatic N) is 2. The minimum absolute atomic E-state index is 0.200. The molecule has 10 nitrogen and oxygen atoms in total. The second kappa shape index (κ2) is 21.9. The van der Waals surface area contributed by atoms with E-state index in [0.29, 0.717) is 52.9 Å². The van der Waals surface area contributed by atoms with Gasteiger partial charge in [-0.15, -0.1) is 0 Å². The number of hydrazone groups is 2. The van der Waals surface area contributed by atoms with Crippen LogP contribution >= 0.6 is 24.4 Å². The monoisotopic (exact) mass is 438 g/mol. The van der Waals surface area contributed by atoms with Crippen LogP contribution < -0.4 is 22.3 Å². The molecule has 28 heavy (non-hydrogen) atoms. The molecule has 0 unspecified atom stereocenters. The molecule has 0 atom stereocenters. The van der Waals surface area contributed by atoms with Crippen LogP contribution in [-0.2, 0) is 18.9 Å². The van der Waals surface area contributed by atoms with E-state index >= 15 is 0 Å². The van der Waals surface area contributed by atoms with Crippen molar-refractivity contribution in [2.75, 3.05) is 52.9 Å². The molecular weight excluding hydrogens is 404 g/mol. The lowest BCUT2D eigenvalue weighted by molar-refractivity contribution is -0.0334. The molecule has 1 fully saturated rings. The van der Waals surface area contributed by atoms with Crippen molar-refractivity contribution in [1.82, 2.24) is 10.9 Å². The lowest BCUT2D eigenvalue weighted by Crippen LogP contribution is -2.24. The van der Waals surface area contributed by atoms with Crippen LogP contribution in [0.5, 0.6) is 0 Å². The topological polar surface area (TPSA) is 138 Å². The average molecular weight is 439 g/mol. The lowest BCUT2D eigenvalue weighted by atomic mass is 10.5. The molecular formula is C16H34N6O4S2. The zero-order chi connectivity index (χ0) is 21.6. The predicted octanol–water partition coefficient (Wildman–Crippen LogP) is 0.497. The van der Waals surface area contributed by atoms with Crippen LogP contribution in [0.15, 0.2) is 10.2 Å². The second-order valence-corrected chi connectivity index (χ2v) is 6.40. The molecule has 6 N–H and O–H groups in total. The third kappa shape index (κ3) is 32.3. The first kappa shape index (κ1) is 28.8. The van der Waals surface area contributed by atoms with Gasteiger partial charge in [0.1, 0.15) is 0 Å². The van der Waals surface area contributed by atoms with E-state index in [-0.39, 0.29) is 10.2 Å². The quantitative estimate of drug-likeness (QED) is 0.274. The molecule has 0 aromatic rings. The molecule has 0 aromatic heterocycles. The highest BCUT2D eigenvalue weighted by Gasteiger charge is 1.95. The van der Waals surface area contributed by atoms with Crippen molar-refractivity contribution >= 4 is 46.1 Å². The number of rotatable bonds is 2. The zero-order valence-corrected chi connectivity index (χ0v) is 18.8. The van der Waals surface area contributed by atoms with Gasteiger partial charge in [0.25, 0.3) is 0 Å². The van der Waals surface area contributed by atoms with Gasteiger partial charge >= 0.3 is 0 Å². The summed E-state index contributed by atoms with van der Waals surface area (Å²) < 4.78 is 20.9. The van der Waals surface area contributed by atoms with Crippen molar-refractivity contribution < 1.29 is 18.9 Å². The summed E-state index contributed by atoms with van der Waals surface area (Å²) in [6.45, 7) is 12.5. The Morgan fingerprint density at radius 1 is 0.607 bits per heavy atom. The van der Waals surface area contributed by atoms with Crippen LogP contribution in [0.25, 0.3) is 0 Å². The number of hydrogen-bond donors (Lipinski definition) is 4. The number of ether oxygens (including phenoxy) is 4. The Hall–Kier alpha value is -1.44. The standard InChI is InChI=1S/C8H16O4.2C4H9N3S/c1-2-10-5-6-12-8-7-11-4-3-9-1;2*1-3(2)6-7-4(5)8/h1-8H2;2*1-2H3,(H3,5,7,8). The Labute approximate surface area is 178 Å². The van der Waals surface area contributed by atoms with Crippen molar-refractivity contribution in [1.29, 1.82) is 0 Å². The van der Waals surface area contributed by atoms with Gasteiger partial charge in [-0.3, -0.25) is 10.9 Å². The highest BCUT2D eigenvalue weighted by molar-refractivity contribution is 7.80. The maximum atomic E-state index is 5.22. The maximum Gasteiger partial charge on any atom is 0.184 e. The first-order valence-corrected chi connectivity index (χ1v) is 9.51. The third-order valence-electron chi connectivity index (χ3n) is 2.27. The smallest absolute Gasteiger partial charge is 0.184 e. The summed E-state index contributed by atoms with van der Waals surface area (Å²) in [5.41, 5.74) is 16.8. The van der Waals surface area contributed by atoms with Gasteiger partial charge in [-0.25, -0.2) is 0 Å². The molecule has 1 aliphatic heterocycles. The van der Waals surface area contributed by atoms with Crippen LogP contribution in [0.3, 0.4) is 0 Å². The predicted molar refractivity (Wildman–Crippen MR) is 121 cm³/mol. The highest BCUT2D eigenvalue weighted by Crippen LogP contribution is 1.85. The first-order chi connectivity index (χ1) is 13.3. The molecule has 0 amide bonds. The Kier molecular flexibility index (Phi) is 22.5. The van der Waals surface area contributed by atoms with E-state index in [4.69, 9.17) is 30.4 Å². The molecule has 164 valence electrons. The SMILES string of the molecule is C1COCCOCCOCCO1.CC(C)=NNC(N)=S.CC(C)=NNC(N)=S. The molecule has 1 saturated heterocycles. The fraction of sp³-hybridized carbons (Fsp3) is 0.750. The second-order valence-electron chi connectivity index (χ2n) is 5.52. The highest BCUT2D eigenvalue weighted by atomic mass is 32.1. The van der Waals surface area contributed by atoms with Gasteiger partial charge in [-0.05, 0) is 52.1 Å². The van der Waals surface area contributed by atoms with Crippen LogP contribution in [0, 0.1) is 0 Å². The summed E-state index contributed by atoms with van der Waals surface area (Å²) in [7, 11) is 0. The zero-order valence-electron chi connectivity index (χ0n) is 17.2. The van der Waals surface area contributed by atoms with E-state index < -0.39 is 0 Å². The van der Waals surface area contributed by atoms with E-state index in [2.05, 4.69) is 45.5 Å². The summed E-state index contributed by atoms with van der Waals surface area (Å²) in [4.78, 5) is 0. The minimum Gasteiger partial charge on any atom is -0.377 e. The largest absolute Gasteiger partial charge is 0.377 e. The molecule has 0 aromatic carbocycles. The van der Waals surface area contributed by atoms with Gasteiger partial charge in [0.2, 0.25) is 0 Å². The summed E-state index contributed by atoms with van der Waals surface area (Å²) in [5, 5.41) is 7.85. The third-order valence-corrected chi connectivity index (χ3v) is 2.45. The minimum atomic E-state index is 0.200. The van der Waals surface area contributed by atoms with E-state index in [0.717, 1.165) is 11.4 Å². The number of nitrogens with two attached hydrogens (primary N) is 2. The van der Waals surface area contributed by atoms with Crippen LogP contribution in [0.4, 0.5) is 0 Å². The Morgan fingerprint density at radius 3 is 0.929 bits per heavy atom. The summed E-state index contributed by atoms with van der Waals surface area (Å²) >= 11 is 8.95. The van der Waals surface area contributed by atoms with Gasteiger partial charge in [-0.1, -0.05) is 0 Å². The van der Waals surface area contributed by atoms with Gasteiger partial charge in [0.15, 0.2) is 10.2 Å². The van der Waals surface area contributed by atoms with Crippen molar-refractivity contribution in [3.8, 4) is 0 Å². The Balaban J connectivity index is 0. The molecule has 12 heteroatoms. The molecule has 0 bridgehead atoms. The van der Waals surface area contributed by atoms with Crippen LogP contribution in [-0.4, -0.2) is 74.5 Å². The summed E-state index contributed by atoms with van der Waals surface area (Å²) in [5.74, 6) is 0. The number of hydrogen-bond acceptors (Lipinski definition) is 8.